The first-order valence-electron chi connectivity index (χ1n) is 7.68. The predicted octanol–water partition coefficient (Wildman–Crippen LogP) is 2.91. The zero-order valence-electron chi connectivity index (χ0n) is 12.7. The summed E-state index contributed by atoms with van der Waals surface area (Å²) in [5.41, 5.74) is 0.558. The van der Waals surface area contributed by atoms with Gasteiger partial charge in [-0.1, -0.05) is 24.6 Å². The Bertz CT molecular complexity index is 411. The molecule has 0 radical (unpaired) electrons. The lowest BCUT2D eigenvalue weighted by Crippen LogP contribution is -2.41. The van der Waals surface area contributed by atoms with Gasteiger partial charge in [0.25, 0.3) is 0 Å². The standard InChI is InChI=1S/C17H27NO2/c1-17(19,13-15-8-5-6-12-18-15)11-10-14-7-3-4-9-16(14)20-2/h3-4,7,9,15,18-19H,5-6,8,10-13H2,1-2H3. The summed E-state index contributed by atoms with van der Waals surface area (Å²) in [4.78, 5) is 0. The first-order valence-corrected chi connectivity index (χ1v) is 7.68. The molecule has 2 N–H and O–H groups in total. The van der Waals surface area contributed by atoms with Gasteiger partial charge in [-0.05, 0) is 57.2 Å². The van der Waals surface area contributed by atoms with Gasteiger partial charge < -0.3 is 15.2 Å². The number of rotatable bonds is 6. The van der Waals surface area contributed by atoms with Crippen LogP contribution in [0, 0.1) is 0 Å². The lowest BCUT2D eigenvalue weighted by molar-refractivity contribution is 0.0287. The summed E-state index contributed by atoms with van der Waals surface area (Å²) in [5.74, 6) is 0.916. The molecule has 0 aliphatic carbocycles. The first kappa shape index (κ1) is 15.3. The third-order valence-corrected chi connectivity index (χ3v) is 4.22. The topological polar surface area (TPSA) is 41.5 Å². The van der Waals surface area contributed by atoms with Crippen molar-refractivity contribution < 1.29 is 9.84 Å². The molecule has 3 nitrogen and oxygen atoms in total. The minimum atomic E-state index is -0.615. The van der Waals surface area contributed by atoms with Gasteiger partial charge in [0.2, 0.25) is 0 Å². The van der Waals surface area contributed by atoms with Crippen molar-refractivity contribution in [2.45, 2.75) is 57.1 Å². The molecule has 112 valence electrons. The molecule has 1 heterocycles. The number of methoxy groups -OCH3 is 1. The van der Waals surface area contributed by atoms with E-state index in [4.69, 9.17) is 4.74 Å². The van der Waals surface area contributed by atoms with Gasteiger partial charge in [-0.2, -0.15) is 0 Å². The quantitative estimate of drug-likeness (QED) is 0.840. The molecule has 1 fully saturated rings. The van der Waals surface area contributed by atoms with Gasteiger partial charge in [0.05, 0.1) is 12.7 Å². The minimum absolute atomic E-state index is 0.469. The van der Waals surface area contributed by atoms with Gasteiger partial charge >= 0.3 is 0 Å². The highest BCUT2D eigenvalue weighted by molar-refractivity contribution is 5.33. The summed E-state index contributed by atoms with van der Waals surface area (Å²) in [7, 11) is 1.70. The maximum absolute atomic E-state index is 10.6. The Balaban J connectivity index is 1.87. The highest BCUT2D eigenvalue weighted by Crippen LogP contribution is 2.26. The SMILES string of the molecule is COc1ccccc1CCC(C)(O)CC1CCCCN1. The van der Waals surface area contributed by atoms with Crippen molar-refractivity contribution in [3.8, 4) is 5.75 Å². The summed E-state index contributed by atoms with van der Waals surface area (Å²) in [6.07, 6.45) is 6.18. The van der Waals surface area contributed by atoms with Crippen LogP contribution in [0.15, 0.2) is 24.3 Å². The van der Waals surface area contributed by atoms with Crippen LogP contribution in [0.3, 0.4) is 0 Å². The fraction of sp³-hybridized carbons (Fsp3) is 0.647. The fourth-order valence-electron chi connectivity index (χ4n) is 3.04. The number of ether oxygens (including phenoxy) is 1. The average molecular weight is 277 g/mol. The lowest BCUT2D eigenvalue weighted by Gasteiger charge is -2.31. The number of benzene rings is 1. The number of piperidine rings is 1. The zero-order valence-corrected chi connectivity index (χ0v) is 12.7. The molecular formula is C17H27NO2. The van der Waals surface area contributed by atoms with E-state index in [1.807, 2.05) is 25.1 Å². The Hall–Kier alpha value is -1.06. The smallest absolute Gasteiger partial charge is 0.122 e. The normalized spacial score (nSPS) is 22.2. The van der Waals surface area contributed by atoms with E-state index in [2.05, 4.69) is 11.4 Å². The van der Waals surface area contributed by atoms with Gasteiger partial charge in [0.15, 0.2) is 0 Å². The second-order valence-corrected chi connectivity index (χ2v) is 6.16. The van der Waals surface area contributed by atoms with Crippen LogP contribution in [-0.2, 0) is 6.42 Å². The molecule has 0 spiro atoms. The van der Waals surface area contributed by atoms with Crippen molar-refractivity contribution in [3.05, 3.63) is 29.8 Å². The second-order valence-electron chi connectivity index (χ2n) is 6.16. The molecule has 2 unspecified atom stereocenters. The zero-order chi connectivity index (χ0) is 14.4. The van der Waals surface area contributed by atoms with E-state index in [1.165, 1.54) is 24.8 Å². The van der Waals surface area contributed by atoms with Gasteiger partial charge in [-0.3, -0.25) is 0 Å². The van der Waals surface area contributed by atoms with Crippen molar-refractivity contribution >= 4 is 0 Å². The molecule has 2 atom stereocenters. The number of aryl methyl sites for hydroxylation is 1. The molecular weight excluding hydrogens is 250 g/mol. The number of nitrogens with one attached hydrogen (secondary N) is 1. The van der Waals surface area contributed by atoms with Crippen LogP contribution in [0.4, 0.5) is 0 Å². The van der Waals surface area contributed by atoms with Crippen molar-refractivity contribution in [3.63, 3.8) is 0 Å². The van der Waals surface area contributed by atoms with E-state index in [0.717, 1.165) is 31.6 Å². The summed E-state index contributed by atoms with van der Waals surface area (Å²) < 4.78 is 5.37. The van der Waals surface area contributed by atoms with E-state index in [1.54, 1.807) is 7.11 Å². The number of hydrogen-bond donors (Lipinski definition) is 2. The van der Waals surface area contributed by atoms with E-state index in [-0.39, 0.29) is 0 Å². The van der Waals surface area contributed by atoms with Crippen molar-refractivity contribution in [1.29, 1.82) is 0 Å². The molecule has 3 heteroatoms. The Morgan fingerprint density at radius 1 is 1.35 bits per heavy atom. The van der Waals surface area contributed by atoms with E-state index in [0.29, 0.717) is 6.04 Å². The summed E-state index contributed by atoms with van der Waals surface area (Å²) >= 11 is 0. The largest absolute Gasteiger partial charge is 0.496 e. The number of hydrogen-bond acceptors (Lipinski definition) is 3. The molecule has 1 aliphatic rings. The lowest BCUT2D eigenvalue weighted by atomic mass is 9.87. The Morgan fingerprint density at radius 3 is 2.85 bits per heavy atom. The molecule has 2 rings (SSSR count). The Kier molecular flexibility index (Phi) is 5.44. The Labute approximate surface area is 122 Å². The summed E-state index contributed by atoms with van der Waals surface area (Å²) in [6.45, 7) is 3.05. The minimum Gasteiger partial charge on any atom is -0.496 e. The number of para-hydroxylation sites is 1. The monoisotopic (exact) mass is 277 g/mol. The molecule has 20 heavy (non-hydrogen) atoms. The summed E-state index contributed by atoms with van der Waals surface area (Å²) in [6, 6.07) is 8.53. The van der Waals surface area contributed by atoms with Crippen molar-refractivity contribution in [1.82, 2.24) is 5.32 Å². The van der Waals surface area contributed by atoms with Crippen molar-refractivity contribution in [2.24, 2.45) is 0 Å². The fourth-order valence-corrected chi connectivity index (χ4v) is 3.04. The van der Waals surface area contributed by atoms with E-state index < -0.39 is 5.60 Å². The van der Waals surface area contributed by atoms with Gasteiger partial charge in [0, 0.05) is 6.04 Å². The second kappa shape index (κ2) is 7.09. The van der Waals surface area contributed by atoms with Crippen LogP contribution in [0.25, 0.3) is 0 Å². The molecule has 0 aromatic heterocycles. The van der Waals surface area contributed by atoms with Crippen LogP contribution in [0.2, 0.25) is 0 Å². The molecule has 1 aromatic carbocycles. The number of aliphatic hydroxyl groups is 1. The molecule has 0 bridgehead atoms. The molecule has 0 amide bonds. The molecule has 0 saturated carbocycles. The van der Waals surface area contributed by atoms with E-state index >= 15 is 0 Å². The van der Waals surface area contributed by atoms with Crippen LogP contribution in [0.5, 0.6) is 5.75 Å². The van der Waals surface area contributed by atoms with Crippen LogP contribution in [0.1, 0.15) is 44.6 Å². The van der Waals surface area contributed by atoms with Gasteiger partial charge in [-0.25, -0.2) is 0 Å². The van der Waals surface area contributed by atoms with Crippen LogP contribution in [-0.4, -0.2) is 30.4 Å². The third-order valence-electron chi connectivity index (χ3n) is 4.22. The van der Waals surface area contributed by atoms with Crippen LogP contribution >= 0.6 is 0 Å². The van der Waals surface area contributed by atoms with Gasteiger partial charge in [-0.15, -0.1) is 0 Å². The Morgan fingerprint density at radius 2 is 2.15 bits per heavy atom. The molecule has 1 aromatic rings. The molecule has 1 saturated heterocycles. The van der Waals surface area contributed by atoms with E-state index in [9.17, 15) is 5.11 Å². The maximum Gasteiger partial charge on any atom is 0.122 e. The highest BCUT2D eigenvalue weighted by atomic mass is 16.5. The maximum atomic E-state index is 10.6. The van der Waals surface area contributed by atoms with Crippen LogP contribution < -0.4 is 10.1 Å². The average Bonchev–Trinajstić information content (AvgIpc) is 2.46. The van der Waals surface area contributed by atoms with Gasteiger partial charge in [0.1, 0.15) is 5.75 Å². The molecule has 1 aliphatic heterocycles. The third kappa shape index (κ3) is 4.50. The summed E-state index contributed by atoms with van der Waals surface area (Å²) in [5, 5.41) is 14.1. The van der Waals surface area contributed by atoms with Crippen molar-refractivity contribution in [2.75, 3.05) is 13.7 Å². The highest BCUT2D eigenvalue weighted by Gasteiger charge is 2.26. The first-order chi connectivity index (χ1) is 9.61. The predicted molar refractivity (Wildman–Crippen MR) is 82.2 cm³/mol.